The van der Waals surface area contributed by atoms with Crippen LogP contribution in [0.2, 0.25) is 0 Å². The lowest BCUT2D eigenvalue weighted by molar-refractivity contribution is -0.122. The summed E-state index contributed by atoms with van der Waals surface area (Å²) < 4.78 is 6.74. The Morgan fingerprint density at radius 3 is 2.60 bits per heavy atom. The zero-order valence-electron chi connectivity index (χ0n) is 13.2. The smallest absolute Gasteiger partial charge is 0.0685 e. The Hall–Kier alpha value is 0.270. The number of rotatable bonds is 3. The van der Waals surface area contributed by atoms with Crippen LogP contribution in [0.3, 0.4) is 0 Å². The molecule has 0 radical (unpaired) electrons. The van der Waals surface area contributed by atoms with Gasteiger partial charge in [-0.3, -0.25) is 0 Å². The molecule has 3 fully saturated rings. The van der Waals surface area contributed by atoms with Crippen LogP contribution in [0.4, 0.5) is 0 Å². The van der Waals surface area contributed by atoms with Gasteiger partial charge in [0.05, 0.1) is 5.60 Å². The molecule has 1 N–H and O–H groups in total. The van der Waals surface area contributed by atoms with E-state index >= 15 is 0 Å². The van der Waals surface area contributed by atoms with E-state index in [2.05, 4.69) is 31.1 Å². The van der Waals surface area contributed by atoms with E-state index in [0.717, 1.165) is 12.5 Å². The van der Waals surface area contributed by atoms with Gasteiger partial charge in [-0.2, -0.15) is 11.8 Å². The molecular formula is C17H31NOS. The molecule has 1 spiro atoms. The van der Waals surface area contributed by atoms with Gasteiger partial charge < -0.3 is 10.1 Å². The van der Waals surface area contributed by atoms with Gasteiger partial charge in [0.1, 0.15) is 0 Å². The number of nitrogens with one attached hydrogen (secondary N) is 1. The molecule has 2 nitrogen and oxygen atoms in total. The zero-order chi connectivity index (χ0) is 14.1. The van der Waals surface area contributed by atoms with Crippen molar-refractivity contribution >= 4 is 11.8 Å². The molecule has 0 aromatic rings. The Kier molecular flexibility index (Phi) is 4.69. The monoisotopic (exact) mass is 297 g/mol. The largest absolute Gasteiger partial charge is 0.375 e. The molecule has 3 atom stereocenters. The highest BCUT2D eigenvalue weighted by Crippen LogP contribution is 2.48. The van der Waals surface area contributed by atoms with Gasteiger partial charge in [0.2, 0.25) is 0 Å². The van der Waals surface area contributed by atoms with E-state index in [9.17, 15) is 0 Å². The van der Waals surface area contributed by atoms with Crippen molar-refractivity contribution in [3.05, 3.63) is 0 Å². The van der Waals surface area contributed by atoms with Crippen LogP contribution in [-0.2, 0) is 4.74 Å². The molecule has 0 amide bonds. The van der Waals surface area contributed by atoms with Crippen molar-refractivity contribution in [3.63, 3.8) is 0 Å². The van der Waals surface area contributed by atoms with Gasteiger partial charge in [0.15, 0.2) is 0 Å². The van der Waals surface area contributed by atoms with Gasteiger partial charge in [-0.1, -0.05) is 19.3 Å². The number of hydrogen-bond donors (Lipinski definition) is 1. The van der Waals surface area contributed by atoms with Crippen molar-refractivity contribution in [1.29, 1.82) is 0 Å². The molecule has 116 valence electrons. The Morgan fingerprint density at radius 2 is 1.95 bits per heavy atom. The highest BCUT2D eigenvalue weighted by atomic mass is 32.2. The predicted molar refractivity (Wildman–Crippen MR) is 87.4 cm³/mol. The summed E-state index contributed by atoms with van der Waals surface area (Å²) in [6, 6.07) is 0.665. The van der Waals surface area contributed by atoms with E-state index in [0.29, 0.717) is 10.8 Å². The van der Waals surface area contributed by atoms with Crippen molar-refractivity contribution in [2.75, 3.05) is 19.4 Å². The van der Waals surface area contributed by atoms with E-state index in [-0.39, 0.29) is 5.60 Å². The molecule has 20 heavy (non-hydrogen) atoms. The first-order valence-electron chi connectivity index (χ1n) is 8.63. The maximum absolute atomic E-state index is 6.29. The summed E-state index contributed by atoms with van der Waals surface area (Å²) in [5.41, 5.74) is 0.246. The minimum atomic E-state index is 0.246. The van der Waals surface area contributed by atoms with Crippen molar-refractivity contribution in [2.45, 2.75) is 81.1 Å². The predicted octanol–water partition coefficient (Wildman–Crippen LogP) is 3.99. The molecule has 2 saturated heterocycles. The average Bonchev–Trinajstić information content (AvgIpc) is 2.88. The van der Waals surface area contributed by atoms with Crippen LogP contribution in [0.1, 0.15) is 64.7 Å². The van der Waals surface area contributed by atoms with Crippen molar-refractivity contribution in [1.82, 2.24) is 5.32 Å². The highest BCUT2D eigenvalue weighted by Gasteiger charge is 2.46. The third-order valence-corrected chi connectivity index (χ3v) is 7.60. The fourth-order valence-corrected chi connectivity index (χ4v) is 6.51. The highest BCUT2D eigenvalue weighted by molar-refractivity contribution is 8.00. The summed E-state index contributed by atoms with van der Waals surface area (Å²) in [5.74, 6) is 2.16. The average molecular weight is 298 g/mol. The molecule has 3 heteroatoms. The third kappa shape index (κ3) is 2.91. The van der Waals surface area contributed by atoms with Gasteiger partial charge in [0.25, 0.3) is 0 Å². The molecule has 1 aliphatic carbocycles. The summed E-state index contributed by atoms with van der Waals surface area (Å²) >= 11 is 2.20. The quantitative estimate of drug-likeness (QED) is 0.851. The van der Waals surface area contributed by atoms with Crippen molar-refractivity contribution < 1.29 is 4.74 Å². The first kappa shape index (κ1) is 15.2. The van der Waals surface area contributed by atoms with Crippen LogP contribution in [-0.4, -0.2) is 35.8 Å². The second-order valence-corrected chi connectivity index (χ2v) is 9.01. The number of ether oxygens (including phenoxy) is 1. The first-order valence-corrected chi connectivity index (χ1v) is 9.61. The standard InChI is InChI=1S/C17H31NOS/c1-16(8-6-12-20-16)15(18-2)14-7-11-19-17(13-14)9-4-3-5-10-17/h14-15,18H,3-13H2,1-2H3. The second-order valence-electron chi connectivity index (χ2n) is 7.38. The van der Waals surface area contributed by atoms with Crippen LogP contribution < -0.4 is 5.32 Å². The van der Waals surface area contributed by atoms with E-state index in [1.807, 2.05) is 0 Å². The first-order chi connectivity index (χ1) is 9.68. The third-order valence-electron chi connectivity index (χ3n) is 5.99. The van der Waals surface area contributed by atoms with Gasteiger partial charge in [0, 0.05) is 17.4 Å². The Labute approximate surface area is 128 Å². The lowest BCUT2D eigenvalue weighted by Crippen LogP contribution is -2.54. The van der Waals surface area contributed by atoms with Crippen molar-refractivity contribution in [2.24, 2.45) is 5.92 Å². The summed E-state index contributed by atoms with van der Waals surface area (Å²) in [6.45, 7) is 3.48. The Bertz CT molecular complexity index is 315. The van der Waals surface area contributed by atoms with E-state index in [1.165, 1.54) is 63.5 Å². The summed E-state index contributed by atoms with van der Waals surface area (Å²) in [6.07, 6.45) is 12.1. The van der Waals surface area contributed by atoms with Crippen LogP contribution in [0.15, 0.2) is 0 Å². The van der Waals surface area contributed by atoms with Crippen LogP contribution in [0, 0.1) is 5.92 Å². The Morgan fingerprint density at radius 1 is 1.15 bits per heavy atom. The fourth-order valence-electron chi connectivity index (χ4n) is 4.98. The second kappa shape index (κ2) is 6.18. The van der Waals surface area contributed by atoms with Crippen LogP contribution in [0.5, 0.6) is 0 Å². The molecule has 0 aromatic carbocycles. The SMILES string of the molecule is CNC(C1CCOC2(CCCCC2)C1)C1(C)CCCS1. The molecular weight excluding hydrogens is 266 g/mol. The van der Waals surface area contributed by atoms with E-state index in [4.69, 9.17) is 4.74 Å². The van der Waals surface area contributed by atoms with Crippen molar-refractivity contribution in [3.8, 4) is 0 Å². The maximum atomic E-state index is 6.29. The summed E-state index contributed by atoms with van der Waals surface area (Å²) in [4.78, 5) is 0. The molecule has 1 saturated carbocycles. The minimum Gasteiger partial charge on any atom is -0.375 e. The van der Waals surface area contributed by atoms with Gasteiger partial charge in [-0.15, -0.1) is 0 Å². The molecule has 2 aliphatic heterocycles. The topological polar surface area (TPSA) is 21.3 Å². The summed E-state index contributed by atoms with van der Waals surface area (Å²) in [5, 5.41) is 3.70. The van der Waals surface area contributed by atoms with E-state index in [1.54, 1.807) is 0 Å². The molecule has 0 aromatic heterocycles. The van der Waals surface area contributed by atoms with Crippen LogP contribution in [0.25, 0.3) is 0 Å². The van der Waals surface area contributed by atoms with Gasteiger partial charge in [-0.05, 0) is 64.2 Å². The van der Waals surface area contributed by atoms with E-state index < -0.39 is 0 Å². The molecule has 3 unspecified atom stereocenters. The molecule has 0 bridgehead atoms. The molecule has 3 aliphatic rings. The van der Waals surface area contributed by atoms with Crippen LogP contribution >= 0.6 is 11.8 Å². The number of thioether (sulfide) groups is 1. The molecule has 2 heterocycles. The number of hydrogen-bond acceptors (Lipinski definition) is 3. The minimum absolute atomic E-state index is 0.246. The summed E-state index contributed by atoms with van der Waals surface area (Å²) in [7, 11) is 2.18. The zero-order valence-corrected chi connectivity index (χ0v) is 14.1. The maximum Gasteiger partial charge on any atom is 0.0685 e. The molecule has 3 rings (SSSR count). The Balaban J connectivity index is 1.71. The lowest BCUT2D eigenvalue weighted by atomic mass is 9.71. The lowest BCUT2D eigenvalue weighted by Gasteiger charge is -2.48. The van der Waals surface area contributed by atoms with Gasteiger partial charge in [-0.25, -0.2) is 0 Å². The normalized spacial score (nSPS) is 39.0. The fraction of sp³-hybridized carbons (Fsp3) is 1.00. The van der Waals surface area contributed by atoms with Gasteiger partial charge >= 0.3 is 0 Å².